The van der Waals surface area contributed by atoms with Crippen LogP contribution in [-0.2, 0) is 9.53 Å². The number of carbonyl (C=O) groups excluding carboxylic acids is 1. The van der Waals surface area contributed by atoms with Crippen molar-refractivity contribution in [2.45, 2.75) is 13.8 Å². The Hall–Kier alpha value is -1.82. The van der Waals surface area contributed by atoms with Crippen molar-refractivity contribution in [2.75, 3.05) is 56.1 Å². The van der Waals surface area contributed by atoms with Crippen LogP contribution in [0.3, 0.4) is 0 Å². The molecule has 1 N–H and O–H groups in total. The van der Waals surface area contributed by atoms with Crippen molar-refractivity contribution < 1.29 is 9.53 Å². The van der Waals surface area contributed by atoms with Crippen LogP contribution in [0.4, 0.5) is 11.5 Å². The van der Waals surface area contributed by atoms with Gasteiger partial charge >= 0.3 is 5.97 Å². The Kier molecular flexibility index (Phi) is 5.80. The third-order valence-electron chi connectivity index (χ3n) is 3.54. The Morgan fingerprint density at radius 1 is 1.38 bits per heavy atom. The molecule has 1 fully saturated rings. The number of carbonyl (C=O) groups is 1. The molecule has 1 saturated heterocycles. The maximum atomic E-state index is 10.8. The molecule has 0 saturated carbocycles. The van der Waals surface area contributed by atoms with Crippen LogP contribution in [0.25, 0.3) is 0 Å². The number of nitrogens with one attached hydrogen (secondary N) is 1. The summed E-state index contributed by atoms with van der Waals surface area (Å²) in [6.45, 7) is 9.50. The fourth-order valence-corrected chi connectivity index (χ4v) is 2.48. The minimum Gasteiger partial charge on any atom is -0.465 e. The molecule has 2 heterocycles. The smallest absolute Gasteiger partial charge is 0.302 e. The van der Waals surface area contributed by atoms with Crippen molar-refractivity contribution in [1.82, 2.24) is 9.88 Å². The molecule has 6 heteroatoms. The van der Waals surface area contributed by atoms with Gasteiger partial charge in [-0.1, -0.05) is 0 Å². The lowest BCUT2D eigenvalue weighted by atomic mass is 10.2. The second-order valence-electron chi connectivity index (χ2n) is 5.07. The molecule has 21 heavy (non-hydrogen) atoms. The number of pyridine rings is 1. The summed E-state index contributed by atoms with van der Waals surface area (Å²) in [6, 6.07) is 4.02. The molecule has 0 unspecified atom stereocenters. The summed E-state index contributed by atoms with van der Waals surface area (Å²) in [7, 11) is 0. The van der Waals surface area contributed by atoms with Crippen molar-refractivity contribution in [3.63, 3.8) is 0 Å². The van der Waals surface area contributed by atoms with E-state index in [0.717, 1.165) is 50.8 Å². The number of hydrogen-bond acceptors (Lipinski definition) is 6. The highest BCUT2D eigenvalue weighted by Crippen LogP contribution is 2.23. The Labute approximate surface area is 126 Å². The predicted octanol–water partition coefficient (Wildman–Crippen LogP) is 1.20. The molecule has 0 aromatic carbocycles. The average Bonchev–Trinajstić information content (AvgIpc) is 2.49. The molecular formula is C15H24N4O2. The van der Waals surface area contributed by atoms with Crippen LogP contribution in [0.2, 0.25) is 0 Å². The first-order valence-electron chi connectivity index (χ1n) is 7.50. The molecular weight excluding hydrogens is 268 g/mol. The predicted molar refractivity (Wildman–Crippen MR) is 83.7 cm³/mol. The highest BCUT2D eigenvalue weighted by Gasteiger charge is 2.19. The van der Waals surface area contributed by atoms with E-state index in [1.165, 1.54) is 6.92 Å². The maximum absolute atomic E-state index is 10.8. The highest BCUT2D eigenvalue weighted by molar-refractivity contribution is 5.66. The lowest BCUT2D eigenvalue weighted by molar-refractivity contribution is -0.141. The number of hydrogen-bond donors (Lipinski definition) is 1. The van der Waals surface area contributed by atoms with Gasteiger partial charge in [0, 0.05) is 52.4 Å². The van der Waals surface area contributed by atoms with Crippen LogP contribution >= 0.6 is 0 Å². The van der Waals surface area contributed by atoms with Crippen molar-refractivity contribution in [3.05, 3.63) is 18.3 Å². The van der Waals surface area contributed by atoms with Crippen molar-refractivity contribution in [1.29, 1.82) is 0 Å². The number of rotatable bonds is 6. The van der Waals surface area contributed by atoms with Crippen molar-refractivity contribution in [3.8, 4) is 0 Å². The molecule has 1 aromatic heterocycles. The quantitative estimate of drug-likeness (QED) is 0.795. The van der Waals surface area contributed by atoms with E-state index in [1.54, 1.807) is 0 Å². The minimum atomic E-state index is -0.211. The van der Waals surface area contributed by atoms with Crippen molar-refractivity contribution in [2.24, 2.45) is 0 Å². The van der Waals surface area contributed by atoms with Crippen LogP contribution in [0.15, 0.2) is 18.3 Å². The number of ether oxygens (including phenoxy) is 1. The van der Waals surface area contributed by atoms with Crippen LogP contribution < -0.4 is 10.2 Å². The van der Waals surface area contributed by atoms with Gasteiger partial charge in [0.1, 0.15) is 6.61 Å². The lowest BCUT2D eigenvalue weighted by Gasteiger charge is -2.36. The second kappa shape index (κ2) is 7.83. The zero-order valence-electron chi connectivity index (χ0n) is 12.8. The van der Waals surface area contributed by atoms with Gasteiger partial charge in [0.15, 0.2) is 5.82 Å². The van der Waals surface area contributed by atoms with E-state index >= 15 is 0 Å². The molecule has 116 valence electrons. The van der Waals surface area contributed by atoms with E-state index < -0.39 is 0 Å². The molecule has 1 aliphatic heterocycles. The van der Waals surface area contributed by atoms with Crippen molar-refractivity contribution >= 4 is 17.5 Å². The lowest BCUT2D eigenvalue weighted by Crippen LogP contribution is -2.47. The Morgan fingerprint density at radius 2 is 2.14 bits per heavy atom. The largest absolute Gasteiger partial charge is 0.465 e. The zero-order chi connectivity index (χ0) is 15.1. The fourth-order valence-electron chi connectivity index (χ4n) is 2.48. The van der Waals surface area contributed by atoms with Crippen LogP contribution in [-0.4, -0.2) is 61.7 Å². The summed E-state index contributed by atoms with van der Waals surface area (Å²) in [5, 5.41) is 3.36. The molecule has 0 spiro atoms. The minimum absolute atomic E-state index is 0.211. The first-order chi connectivity index (χ1) is 10.2. The van der Waals surface area contributed by atoms with Gasteiger partial charge in [-0.05, 0) is 19.1 Å². The Morgan fingerprint density at radius 3 is 2.81 bits per heavy atom. The standard InChI is InChI=1S/C15H24N4O2/c1-3-16-14-5-4-6-17-15(14)19-9-7-18(8-10-19)11-12-21-13(2)20/h4-6,16H,3,7-12H2,1-2H3. The van der Waals surface area contributed by atoms with E-state index in [9.17, 15) is 4.79 Å². The normalized spacial score (nSPS) is 15.8. The Balaban J connectivity index is 1.85. The van der Waals surface area contributed by atoms with E-state index in [4.69, 9.17) is 4.74 Å². The topological polar surface area (TPSA) is 57.7 Å². The van der Waals surface area contributed by atoms with Gasteiger partial charge in [0.25, 0.3) is 0 Å². The molecule has 1 aliphatic rings. The van der Waals surface area contributed by atoms with E-state index in [0.29, 0.717) is 6.61 Å². The first kappa shape index (κ1) is 15.6. The fraction of sp³-hybridized carbons (Fsp3) is 0.600. The molecule has 0 aliphatic carbocycles. The van der Waals surface area contributed by atoms with Crippen LogP contribution in [0.5, 0.6) is 0 Å². The van der Waals surface area contributed by atoms with Crippen LogP contribution in [0.1, 0.15) is 13.8 Å². The van der Waals surface area contributed by atoms with E-state index in [-0.39, 0.29) is 5.97 Å². The maximum Gasteiger partial charge on any atom is 0.302 e. The van der Waals surface area contributed by atoms with Gasteiger partial charge in [-0.2, -0.15) is 0 Å². The number of aromatic nitrogens is 1. The second-order valence-corrected chi connectivity index (χ2v) is 5.07. The molecule has 0 radical (unpaired) electrons. The molecule has 6 nitrogen and oxygen atoms in total. The number of piperazine rings is 1. The van der Waals surface area contributed by atoms with Gasteiger partial charge in [-0.3, -0.25) is 9.69 Å². The first-order valence-corrected chi connectivity index (χ1v) is 7.50. The Bertz CT molecular complexity index is 459. The molecule has 0 bridgehead atoms. The molecule has 1 aromatic rings. The van der Waals surface area contributed by atoms with Crippen LogP contribution in [0, 0.1) is 0 Å². The third-order valence-corrected chi connectivity index (χ3v) is 3.54. The van der Waals surface area contributed by atoms with Gasteiger partial charge in [0.2, 0.25) is 0 Å². The average molecular weight is 292 g/mol. The van der Waals surface area contributed by atoms with Gasteiger partial charge < -0.3 is 15.0 Å². The molecule has 0 atom stereocenters. The SMILES string of the molecule is CCNc1cccnc1N1CCN(CCOC(C)=O)CC1. The van der Waals surface area contributed by atoms with E-state index in [2.05, 4.69) is 33.1 Å². The van der Waals surface area contributed by atoms with E-state index in [1.807, 2.05) is 12.3 Å². The van der Waals surface area contributed by atoms with Gasteiger partial charge in [-0.15, -0.1) is 0 Å². The summed E-state index contributed by atoms with van der Waals surface area (Å²) >= 11 is 0. The number of nitrogens with zero attached hydrogens (tertiary/aromatic N) is 3. The summed E-state index contributed by atoms with van der Waals surface area (Å²) in [6.07, 6.45) is 1.84. The summed E-state index contributed by atoms with van der Waals surface area (Å²) in [4.78, 5) is 19.9. The molecule has 2 rings (SSSR count). The third kappa shape index (κ3) is 4.60. The highest BCUT2D eigenvalue weighted by atomic mass is 16.5. The number of esters is 1. The number of anilines is 2. The summed E-state index contributed by atoms with van der Waals surface area (Å²) < 4.78 is 4.99. The van der Waals surface area contributed by atoms with Gasteiger partial charge in [0.05, 0.1) is 5.69 Å². The summed E-state index contributed by atoms with van der Waals surface area (Å²) in [5.41, 5.74) is 1.09. The molecule has 0 amide bonds. The zero-order valence-corrected chi connectivity index (χ0v) is 12.8. The summed E-state index contributed by atoms with van der Waals surface area (Å²) in [5.74, 6) is 0.816. The van der Waals surface area contributed by atoms with Gasteiger partial charge in [-0.25, -0.2) is 4.98 Å². The monoisotopic (exact) mass is 292 g/mol.